The molecule has 0 aliphatic carbocycles. The summed E-state index contributed by atoms with van der Waals surface area (Å²) in [7, 11) is 0. The van der Waals surface area contributed by atoms with E-state index in [9.17, 15) is 4.79 Å². The van der Waals surface area contributed by atoms with Gasteiger partial charge >= 0.3 is 5.97 Å². The number of rotatable bonds is 5. The van der Waals surface area contributed by atoms with Gasteiger partial charge < -0.3 is 4.74 Å². The van der Waals surface area contributed by atoms with E-state index in [2.05, 4.69) is 20.2 Å². The van der Waals surface area contributed by atoms with E-state index in [0.29, 0.717) is 40.9 Å². The molecule has 0 aromatic carbocycles. The number of aromatic nitrogens is 6. The monoisotopic (exact) mass is 390 g/mol. The number of ether oxygens (including phenoxy) is 1. The second kappa shape index (κ2) is 6.65. The van der Waals surface area contributed by atoms with Gasteiger partial charge in [0.2, 0.25) is 0 Å². The summed E-state index contributed by atoms with van der Waals surface area (Å²) in [5.41, 5.74) is 1.51. The molecule has 4 rings (SSSR count). The molecule has 0 spiro atoms. The van der Waals surface area contributed by atoms with Crippen LogP contribution >= 0.6 is 22.9 Å². The van der Waals surface area contributed by atoms with Crippen molar-refractivity contribution in [2.75, 3.05) is 6.61 Å². The molecule has 0 aliphatic rings. The highest BCUT2D eigenvalue weighted by molar-refractivity contribution is 7.20. The fourth-order valence-corrected chi connectivity index (χ4v) is 3.94. The third-order valence-electron chi connectivity index (χ3n) is 3.94. The lowest BCUT2D eigenvalue weighted by molar-refractivity contribution is 0.0531. The van der Waals surface area contributed by atoms with Gasteiger partial charge in [0.1, 0.15) is 16.0 Å². The number of carbonyl (C=O) groups is 1. The van der Waals surface area contributed by atoms with E-state index in [-0.39, 0.29) is 5.97 Å². The van der Waals surface area contributed by atoms with E-state index in [1.165, 1.54) is 11.3 Å². The van der Waals surface area contributed by atoms with Crippen LogP contribution in [0.2, 0.25) is 5.02 Å². The number of esters is 1. The first-order valence-electron chi connectivity index (χ1n) is 8.05. The average Bonchev–Trinajstić information content (AvgIpc) is 3.29. The largest absolute Gasteiger partial charge is 0.462 e. The van der Waals surface area contributed by atoms with Gasteiger partial charge in [-0.15, -0.1) is 16.4 Å². The maximum Gasteiger partial charge on any atom is 0.348 e. The Balaban J connectivity index is 1.70. The standard InChI is InChI=1S/C16H15ClN6O2S/c1-3-25-16(24)13-9(2)12-14-20-11(4-5-22-7-10(17)6-19-22)21-23(14)8-18-15(12)26-13/h6-8H,3-5H2,1-2H3. The molecular formula is C16H15ClN6O2S. The molecule has 0 aliphatic heterocycles. The minimum atomic E-state index is -0.332. The van der Waals surface area contributed by atoms with E-state index in [0.717, 1.165) is 15.8 Å². The molecule has 8 nitrogen and oxygen atoms in total. The predicted octanol–water partition coefficient (Wildman–Crippen LogP) is 2.92. The Kier molecular flexibility index (Phi) is 4.33. The van der Waals surface area contributed by atoms with Gasteiger partial charge in [-0.25, -0.2) is 19.3 Å². The van der Waals surface area contributed by atoms with E-state index >= 15 is 0 Å². The second-order valence-electron chi connectivity index (χ2n) is 5.67. The molecule has 0 unspecified atom stereocenters. The quantitative estimate of drug-likeness (QED) is 0.487. The minimum absolute atomic E-state index is 0.332. The van der Waals surface area contributed by atoms with Crippen molar-refractivity contribution >= 4 is 44.8 Å². The van der Waals surface area contributed by atoms with Crippen LogP contribution < -0.4 is 0 Å². The number of carbonyl (C=O) groups excluding carboxylic acids is 1. The first kappa shape index (κ1) is 16.9. The van der Waals surface area contributed by atoms with Crippen LogP contribution in [0.5, 0.6) is 0 Å². The van der Waals surface area contributed by atoms with Crippen molar-refractivity contribution in [1.82, 2.24) is 29.4 Å². The maximum atomic E-state index is 12.1. The molecule has 134 valence electrons. The average molecular weight is 391 g/mol. The van der Waals surface area contributed by atoms with Crippen LogP contribution in [0.1, 0.15) is 28.0 Å². The minimum Gasteiger partial charge on any atom is -0.462 e. The predicted molar refractivity (Wildman–Crippen MR) is 97.8 cm³/mol. The van der Waals surface area contributed by atoms with Crippen LogP contribution in [0.4, 0.5) is 0 Å². The molecule has 4 heterocycles. The molecule has 0 fully saturated rings. The van der Waals surface area contributed by atoms with Crippen LogP contribution in [-0.4, -0.2) is 41.9 Å². The molecule has 10 heteroatoms. The van der Waals surface area contributed by atoms with Crippen LogP contribution in [0.15, 0.2) is 18.7 Å². The molecule has 26 heavy (non-hydrogen) atoms. The number of thiophene rings is 1. The molecule has 0 bridgehead atoms. The summed E-state index contributed by atoms with van der Waals surface area (Å²) in [6.07, 6.45) is 5.57. The third-order valence-corrected chi connectivity index (χ3v) is 5.31. The summed E-state index contributed by atoms with van der Waals surface area (Å²) in [6.45, 7) is 4.63. The van der Waals surface area contributed by atoms with E-state index in [1.54, 1.807) is 34.8 Å². The Morgan fingerprint density at radius 2 is 2.27 bits per heavy atom. The van der Waals surface area contributed by atoms with E-state index in [4.69, 9.17) is 16.3 Å². The number of hydrogen-bond acceptors (Lipinski definition) is 7. The number of nitrogens with zero attached hydrogens (tertiary/aromatic N) is 6. The maximum absolute atomic E-state index is 12.1. The Morgan fingerprint density at radius 3 is 3.00 bits per heavy atom. The Labute approximate surface area is 157 Å². The first-order valence-corrected chi connectivity index (χ1v) is 9.24. The highest BCUT2D eigenvalue weighted by Crippen LogP contribution is 2.32. The summed E-state index contributed by atoms with van der Waals surface area (Å²) >= 11 is 7.19. The summed E-state index contributed by atoms with van der Waals surface area (Å²) in [5.74, 6) is 0.343. The fourth-order valence-electron chi connectivity index (χ4n) is 2.75. The topological polar surface area (TPSA) is 87.2 Å². The Hall–Kier alpha value is -2.52. The highest BCUT2D eigenvalue weighted by Gasteiger charge is 2.20. The Morgan fingerprint density at radius 1 is 1.42 bits per heavy atom. The van der Waals surface area contributed by atoms with Crippen LogP contribution in [-0.2, 0) is 17.7 Å². The van der Waals surface area contributed by atoms with E-state index < -0.39 is 0 Å². The van der Waals surface area contributed by atoms with Crippen LogP contribution in [0.25, 0.3) is 15.9 Å². The molecule has 0 radical (unpaired) electrons. The summed E-state index contributed by atoms with van der Waals surface area (Å²) in [5, 5.41) is 10.1. The van der Waals surface area contributed by atoms with Gasteiger partial charge in [-0.05, 0) is 19.4 Å². The third kappa shape index (κ3) is 2.93. The number of hydrogen-bond donors (Lipinski definition) is 0. The molecule has 4 aromatic heterocycles. The van der Waals surface area contributed by atoms with Crippen molar-refractivity contribution in [2.24, 2.45) is 0 Å². The summed E-state index contributed by atoms with van der Waals surface area (Å²) in [6, 6.07) is 0. The lowest BCUT2D eigenvalue weighted by Gasteiger charge is -1.99. The van der Waals surface area contributed by atoms with Crippen LogP contribution in [0, 0.1) is 6.92 Å². The molecule has 0 amide bonds. The number of fused-ring (bicyclic) bond motifs is 3. The lowest BCUT2D eigenvalue weighted by Crippen LogP contribution is -2.03. The van der Waals surface area contributed by atoms with Gasteiger partial charge in [0.25, 0.3) is 0 Å². The second-order valence-corrected chi connectivity index (χ2v) is 7.10. The Bertz CT molecular complexity index is 1110. The van der Waals surface area contributed by atoms with Crippen molar-refractivity contribution in [3.63, 3.8) is 0 Å². The van der Waals surface area contributed by atoms with Gasteiger partial charge in [0, 0.05) is 19.2 Å². The van der Waals surface area contributed by atoms with Crippen molar-refractivity contribution in [3.8, 4) is 0 Å². The lowest BCUT2D eigenvalue weighted by atomic mass is 10.2. The van der Waals surface area contributed by atoms with Gasteiger partial charge in [-0.1, -0.05) is 11.6 Å². The molecule has 0 saturated heterocycles. The van der Waals surface area contributed by atoms with Gasteiger partial charge in [0.05, 0.1) is 23.2 Å². The van der Waals surface area contributed by atoms with Gasteiger partial charge in [0.15, 0.2) is 11.5 Å². The molecule has 0 atom stereocenters. The SMILES string of the molecule is CCOC(=O)c1sc2ncn3nc(CCn4cc(Cl)cn4)nc3c2c1C. The molecule has 4 aromatic rings. The van der Waals surface area contributed by atoms with E-state index in [1.807, 2.05) is 6.92 Å². The van der Waals surface area contributed by atoms with Crippen molar-refractivity contribution < 1.29 is 9.53 Å². The zero-order valence-electron chi connectivity index (χ0n) is 14.1. The van der Waals surface area contributed by atoms with Crippen molar-refractivity contribution in [2.45, 2.75) is 26.8 Å². The molecule has 0 saturated carbocycles. The number of aryl methyl sites for hydroxylation is 3. The van der Waals surface area contributed by atoms with Crippen molar-refractivity contribution in [1.29, 1.82) is 0 Å². The fraction of sp³-hybridized carbons (Fsp3) is 0.312. The van der Waals surface area contributed by atoms with Gasteiger partial charge in [-0.3, -0.25) is 4.68 Å². The zero-order valence-corrected chi connectivity index (χ0v) is 15.7. The summed E-state index contributed by atoms with van der Waals surface area (Å²) in [4.78, 5) is 22.5. The first-order chi connectivity index (χ1) is 12.6. The van der Waals surface area contributed by atoms with Gasteiger partial charge in [-0.2, -0.15) is 5.10 Å². The number of halogens is 1. The van der Waals surface area contributed by atoms with Crippen molar-refractivity contribution in [3.05, 3.63) is 40.0 Å². The normalized spacial score (nSPS) is 11.5. The highest BCUT2D eigenvalue weighted by atomic mass is 35.5. The smallest absolute Gasteiger partial charge is 0.348 e. The molecule has 0 N–H and O–H groups in total. The summed E-state index contributed by atoms with van der Waals surface area (Å²) < 4.78 is 8.51. The molecular weight excluding hydrogens is 376 g/mol. The van der Waals surface area contributed by atoms with Crippen LogP contribution in [0.3, 0.4) is 0 Å². The zero-order chi connectivity index (χ0) is 18.3.